The third-order valence-electron chi connectivity index (χ3n) is 2.70. The Balaban J connectivity index is 2.44. The van der Waals surface area contributed by atoms with Gasteiger partial charge in [0.1, 0.15) is 0 Å². The minimum absolute atomic E-state index is 0.655. The molecule has 1 heterocycles. The average molecular weight is 182 g/mol. The Kier molecular flexibility index (Phi) is 4.46. The molecular weight excluding hydrogens is 160 g/mol. The number of nitrogens with one attached hydrogen (secondary N) is 1. The molecule has 0 aromatic rings. The maximum atomic E-state index is 3.79. The molecule has 1 fully saturated rings. The summed E-state index contributed by atoms with van der Waals surface area (Å²) in [5, 5.41) is 3.59. The molecule has 1 rings (SSSR count). The van der Waals surface area contributed by atoms with Crippen molar-refractivity contribution in [2.75, 3.05) is 26.2 Å². The molecule has 1 aliphatic rings. The van der Waals surface area contributed by atoms with E-state index in [1.807, 2.05) is 6.08 Å². The lowest BCUT2D eigenvalue weighted by molar-refractivity contribution is 0.267. The van der Waals surface area contributed by atoms with Gasteiger partial charge < -0.3 is 5.32 Å². The van der Waals surface area contributed by atoms with Crippen molar-refractivity contribution >= 4 is 0 Å². The SMILES string of the molecule is C=CCN1CCCNC(C(C)C)C1. The molecule has 1 atom stereocenters. The minimum atomic E-state index is 0.655. The Morgan fingerprint density at radius 1 is 1.62 bits per heavy atom. The van der Waals surface area contributed by atoms with Crippen molar-refractivity contribution in [2.24, 2.45) is 5.92 Å². The predicted molar refractivity (Wildman–Crippen MR) is 57.9 cm³/mol. The van der Waals surface area contributed by atoms with Gasteiger partial charge in [-0.25, -0.2) is 0 Å². The van der Waals surface area contributed by atoms with Gasteiger partial charge in [0.2, 0.25) is 0 Å². The zero-order chi connectivity index (χ0) is 9.68. The van der Waals surface area contributed by atoms with Crippen LogP contribution in [-0.2, 0) is 0 Å². The summed E-state index contributed by atoms with van der Waals surface area (Å²) in [7, 11) is 0. The predicted octanol–water partition coefficient (Wildman–Crippen LogP) is 1.49. The van der Waals surface area contributed by atoms with Crippen molar-refractivity contribution in [1.29, 1.82) is 0 Å². The zero-order valence-electron chi connectivity index (χ0n) is 8.92. The van der Waals surface area contributed by atoms with Crippen LogP contribution in [0.15, 0.2) is 12.7 Å². The van der Waals surface area contributed by atoms with E-state index < -0.39 is 0 Å². The van der Waals surface area contributed by atoms with E-state index in [-0.39, 0.29) is 0 Å². The van der Waals surface area contributed by atoms with Crippen LogP contribution in [0.1, 0.15) is 20.3 Å². The lowest BCUT2D eigenvalue weighted by Gasteiger charge is -2.25. The Bertz CT molecular complexity index is 154. The normalized spacial score (nSPS) is 25.9. The van der Waals surface area contributed by atoms with Crippen LogP contribution in [0.25, 0.3) is 0 Å². The highest BCUT2D eigenvalue weighted by Crippen LogP contribution is 2.08. The van der Waals surface area contributed by atoms with E-state index in [9.17, 15) is 0 Å². The van der Waals surface area contributed by atoms with Gasteiger partial charge in [-0.05, 0) is 25.4 Å². The van der Waals surface area contributed by atoms with E-state index in [0.717, 1.165) is 19.0 Å². The third-order valence-corrected chi connectivity index (χ3v) is 2.70. The van der Waals surface area contributed by atoms with E-state index in [4.69, 9.17) is 0 Å². The Hall–Kier alpha value is -0.340. The molecule has 1 unspecified atom stereocenters. The van der Waals surface area contributed by atoms with Crippen LogP contribution in [-0.4, -0.2) is 37.1 Å². The molecule has 1 saturated heterocycles. The van der Waals surface area contributed by atoms with Gasteiger partial charge in [0, 0.05) is 19.1 Å². The van der Waals surface area contributed by atoms with E-state index in [2.05, 4.69) is 30.6 Å². The van der Waals surface area contributed by atoms with E-state index in [0.29, 0.717) is 6.04 Å². The van der Waals surface area contributed by atoms with Crippen LogP contribution >= 0.6 is 0 Å². The molecule has 0 aliphatic carbocycles. The monoisotopic (exact) mass is 182 g/mol. The third kappa shape index (κ3) is 3.49. The average Bonchev–Trinajstić information content (AvgIpc) is 2.30. The standard InChI is InChI=1S/C11H22N2/c1-4-7-13-8-5-6-12-11(9-13)10(2)3/h4,10-12H,1,5-9H2,2-3H3. The summed E-state index contributed by atoms with van der Waals surface area (Å²) in [6.45, 7) is 12.9. The summed E-state index contributed by atoms with van der Waals surface area (Å²) in [5.74, 6) is 0.727. The van der Waals surface area contributed by atoms with Gasteiger partial charge in [0.25, 0.3) is 0 Å². The van der Waals surface area contributed by atoms with Gasteiger partial charge in [0.05, 0.1) is 0 Å². The molecule has 1 N–H and O–H groups in total. The quantitative estimate of drug-likeness (QED) is 0.665. The molecule has 0 spiro atoms. The van der Waals surface area contributed by atoms with Gasteiger partial charge in [-0.3, -0.25) is 4.90 Å². The summed E-state index contributed by atoms with van der Waals surface area (Å²) in [4.78, 5) is 2.48. The lowest BCUT2D eigenvalue weighted by atomic mass is 10.0. The first-order valence-corrected chi connectivity index (χ1v) is 5.30. The summed E-state index contributed by atoms with van der Waals surface area (Å²) in [6, 6.07) is 0.655. The molecule has 2 heteroatoms. The van der Waals surface area contributed by atoms with Crippen LogP contribution in [0.5, 0.6) is 0 Å². The fourth-order valence-corrected chi connectivity index (χ4v) is 1.82. The topological polar surface area (TPSA) is 15.3 Å². The van der Waals surface area contributed by atoms with Crippen molar-refractivity contribution in [2.45, 2.75) is 26.3 Å². The zero-order valence-corrected chi connectivity index (χ0v) is 8.92. The highest BCUT2D eigenvalue weighted by molar-refractivity contribution is 4.82. The summed E-state index contributed by atoms with van der Waals surface area (Å²) in [6.07, 6.45) is 3.26. The first-order valence-electron chi connectivity index (χ1n) is 5.30. The molecule has 0 saturated carbocycles. The van der Waals surface area contributed by atoms with Crippen LogP contribution < -0.4 is 5.32 Å². The lowest BCUT2D eigenvalue weighted by Crippen LogP contribution is -2.41. The maximum Gasteiger partial charge on any atom is 0.0218 e. The van der Waals surface area contributed by atoms with Gasteiger partial charge in [-0.2, -0.15) is 0 Å². The van der Waals surface area contributed by atoms with Crippen molar-refractivity contribution in [3.63, 3.8) is 0 Å². The summed E-state index contributed by atoms with van der Waals surface area (Å²) >= 11 is 0. The maximum absolute atomic E-state index is 3.79. The molecular formula is C11H22N2. The second-order valence-electron chi connectivity index (χ2n) is 4.21. The molecule has 76 valence electrons. The second-order valence-corrected chi connectivity index (χ2v) is 4.21. The molecule has 0 radical (unpaired) electrons. The van der Waals surface area contributed by atoms with Gasteiger partial charge in [-0.15, -0.1) is 6.58 Å². The number of hydrogen-bond donors (Lipinski definition) is 1. The highest BCUT2D eigenvalue weighted by atomic mass is 15.2. The van der Waals surface area contributed by atoms with Gasteiger partial charge in [0.15, 0.2) is 0 Å². The number of nitrogens with zero attached hydrogens (tertiary/aromatic N) is 1. The molecule has 0 aromatic carbocycles. The van der Waals surface area contributed by atoms with E-state index in [1.165, 1.54) is 19.5 Å². The minimum Gasteiger partial charge on any atom is -0.312 e. The Labute approximate surface area is 82.0 Å². The molecule has 0 aromatic heterocycles. The van der Waals surface area contributed by atoms with Crippen LogP contribution in [0, 0.1) is 5.92 Å². The first-order chi connectivity index (χ1) is 6.24. The highest BCUT2D eigenvalue weighted by Gasteiger charge is 2.18. The molecule has 1 aliphatic heterocycles. The number of rotatable bonds is 3. The van der Waals surface area contributed by atoms with Crippen LogP contribution in [0.4, 0.5) is 0 Å². The first kappa shape index (κ1) is 10.7. The van der Waals surface area contributed by atoms with Gasteiger partial charge >= 0.3 is 0 Å². The van der Waals surface area contributed by atoms with Crippen LogP contribution in [0.2, 0.25) is 0 Å². The van der Waals surface area contributed by atoms with Crippen LogP contribution in [0.3, 0.4) is 0 Å². The van der Waals surface area contributed by atoms with Gasteiger partial charge in [-0.1, -0.05) is 19.9 Å². The second kappa shape index (κ2) is 5.40. The molecule has 13 heavy (non-hydrogen) atoms. The Morgan fingerprint density at radius 3 is 3.00 bits per heavy atom. The van der Waals surface area contributed by atoms with Crippen molar-refractivity contribution in [3.8, 4) is 0 Å². The van der Waals surface area contributed by atoms with E-state index >= 15 is 0 Å². The fraction of sp³-hybridized carbons (Fsp3) is 0.818. The smallest absolute Gasteiger partial charge is 0.0218 e. The van der Waals surface area contributed by atoms with Crippen molar-refractivity contribution in [3.05, 3.63) is 12.7 Å². The summed E-state index contributed by atoms with van der Waals surface area (Å²) in [5.41, 5.74) is 0. The number of hydrogen-bond acceptors (Lipinski definition) is 2. The van der Waals surface area contributed by atoms with E-state index in [1.54, 1.807) is 0 Å². The van der Waals surface area contributed by atoms with Crippen molar-refractivity contribution < 1.29 is 0 Å². The Morgan fingerprint density at radius 2 is 2.38 bits per heavy atom. The molecule has 2 nitrogen and oxygen atoms in total. The molecule has 0 amide bonds. The summed E-state index contributed by atoms with van der Waals surface area (Å²) < 4.78 is 0. The fourth-order valence-electron chi connectivity index (χ4n) is 1.82. The van der Waals surface area contributed by atoms with Crippen molar-refractivity contribution in [1.82, 2.24) is 10.2 Å². The molecule has 0 bridgehead atoms. The largest absolute Gasteiger partial charge is 0.312 e.